The van der Waals surface area contributed by atoms with Crippen LogP contribution in [-0.4, -0.2) is 19.4 Å². The summed E-state index contributed by atoms with van der Waals surface area (Å²) < 4.78 is 2.15. The van der Waals surface area contributed by atoms with Crippen molar-refractivity contribution in [3.8, 4) is 0 Å². The van der Waals surface area contributed by atoms with Crippen molar-refractivity contribution in [2.75, 3.05) is 0 Å². The van der Waals surface area contributed by atoms with Crippen LogP contribution in [0.4, 0.5) is 0 Å². The van der Waals surface area contributed by atoms with Crippen molar-refractivity contribution in [3.63, 3.8) is 0 Å². The van der Waals surface area contributed by atoms with Crippen LogP contribution in [0.25, 0.3) is 60.2 Å². The zero-order valence-electron chi connectivity index (χ0n) is 15.4. The van der Waals surface area contributed by atoms with Crippen molar-refractivity contribution in [2.24, 2.45) is 0 Å². The number of pyridine rings is 1. The molecule has 0 spiro atoms. The lowest BCUT2D eigenvalue weighted by molar-refractivity contribution is 1.20. The lowest BCUT2D eigenvalue weighted by Crippen LogP contribution is -1.97. The number of benzene rings is 4. The van der Waals surface area contributed by atoms with Gasteiger partial charge < -0.3 is 0 Å². The summed E-state index contributed by atoms with van der Waals surface area (Å²) in [6.07, 6.45) is 3.53. The Labute approximate surface area is 165 Å². The summed E-state index contributed by atoms with van der Waals surface area (Å²) in [5.41, 5.74) is 4.68. The van der Waals surface area contributed by atoms with Gasteiger partial charge in [-0.2, -0.15) is 0 Å². The molecule has 0 radical (unpaired) electrons. The van der Waals surface area contributed by atoms with Crippen LogP contribution >= 0.6 is 0 Å². The first kappa shape index (κ1) is 14.9. The fourth-order valence-corrected chi connectivity index (χ4v) is 4.70. The van der Waals surface area contributed by atoms with Gasteiger partial charge in [0, 0.05) is 23.2 Å². The Bertz CT molecular complexity index is 1760. The van der Waals surface area contributed by atoms with E-state index in [0.717, 1.165) is 38.6 Å². The fraction of sp³-hybridized carbons (Fsp3) is 0. The van der Waals surface area contributed by atoms with Crippen LogP contribution in [0, 0.1) is 0 Å². The molecule has 0 saturated heterocycles. The first-order chi connectivity index (χ1) is 14.4. The first-order valence-electron chi connectivity index (χ1n) is 9.65. The van der Waals surface area contributed by atoms with Gasteiger partial charge in [0.2, 0.25) is 0 Å². The maximum absolute atomic E-state index is 5.05. The molecule has 7 aromatic rings. The van der Waals surface area contributed by atoms with E-state index in [9.17, 15) is 0 Å². The van der Waals surface area contributed by atoms with Crippen LogP contribution in [0.15, 0.2) is 85.2 Å². The van der Waals surface area contributed by atoms with E-state index in [4.69, 9.17) is 15.0 Å². The second-order valence-corrected chi connectivity index (χ2v) is 7.33. The molecule has 4 heteroatoms. The summed E-state index contributed by atoms with van der Waals surface area (Å²) in [7, 11) is 0. The molecule has 4 aromatic carbocycles. The number of para-hydroxylation sites is 2. The Morgan fingerprint density at radius 1 is 0.552 bits per heavy atom. The molecule has 7 rings (SSSR count). The molecule has 0 aliphatic rings. The van der Waals surface area contributed by atoms with Crippen LogP contribution in [0.5, 0.6) is 0 Å². The van der Waals surface area contributed by atoms with Crippen molar-refractivity contribution in [1.82, 2.24) is 19.4 Å². The molecule has 0 aliphatic heterocycles. The van der Waals surface area contributed by atoms with E-state index in [1.807, 2.05) is 12.1 Å². The average Bonchev–Trinajstić information content (AvgIpc) is 3.18. The number of imidazole rings is 1. The van der Waals surface area contributed by atoms with E-state index in [2.05, 4.69) is 65.1 Å². The zero-order chi connectivity index (χ0) is 18.9. The molecular weight excluding hydrogens is 356 g/mol. The fourth-order valence-electron chi connectivity index (χ4n) is 4.70. The molecule has 4 nitrogen and oxygen atoms in total. The summed E-state index contributed by atoms with van der Waals surface area (Å²) >= 11 is 0. The summed E-state index contributed by atoms with van der Waals surface area (Å²) in [5, 5.41) is 7.07. The molecule has 0 atom stereocenters. The topological polar surface area (TPSA) is 43.1 Å². The van der Waals surface area contributed by atoms with Gasteiger partial charge in [-0.05, 0) is 33.7 Å². The number of nitrogens with zero attached hydrogens (tertiary/aromatic N) is 4. The van der Waals surface area contributed by atoms with Crippen LogP contribution in [0.1, 0.15) is 0 Å². The van der Waals surface area contributed by atoms with E-state index < -0.39 is 0 Å². The summed E-state index contributed by atoms with van der Waals surface area (Å²) in [6, 6.07) is 25.3. The van der Waals surface area contributed by atoms with Crippen molar-refractivity contribution < 1.29 is 0 Å². The highest BCUT2D eigenvalue weighted by Crippen LogP contribution is 2.40. The van der Waals surface area contributed by atoms with Crippen LogP contribution in [0.3, 0.4) is 0 Å². The average molecular weight is 370 g/mol. The Morgan fingerprint density at radius 2 is 1.17 bits per heavy atom. The summed E-state index contributed by atoms with van der Waals surface area (Å²) in [4.78, 5) is 14.6. The van der Waals surface area contributed by atoms with Gasteiger partial charge in [-0.1, -0.05) is 60.7 Å². The number of hydrogen-bond donors (Lipinski definition) is 0. The molecule has 29 heavy (non-hydrogen) atoms. The quantitative estimate of drug-likeness (QED) is 0.313. The predicted molar refractivity (Wildman–Crippen MR) is 118 cm³/mol. The van der Waals surface area contributed by atoms with Crippen molar-refractivity contribution in [1.29, 1.82) is 0 Å². The third kappa shape index (κ3) is 1.81. The van der Waals surface area contributed by atoms with Gasteiger partial charge in [0.1, 0.15) is 11.2 Å². The molecule has 0 saturated carbocycles. The second-order valence-electron chi connectivity index (χ2n) is 7.33. The highest BCUT2D eigenvalue weighted by Gasteiger charge is 2.19. The normalized spacial score (nSPS) is 12.1. The second kappa shape index (κ2) is 5.26. The van der Waals surface area contributed by atoms with Gasteiger partial charge in [-0.3, -0.25) is 9.38 Å². The standard InChI is InChI=1S/C25H14N4/c1-3-9-17-15(7-1)16-8-2-4-10-18(16)22-21(17)23-25(27-14-13-26-23)29-20-12-6-5-11-19(20)28-24(22)29/h1-14H. The number of fused-ring (bicyclic) bond motifs is 13. The van der Waals surface area contributed by atoms with Crippen molar-refractivity contribution in [2.45, 2.75) is 0 Å². The molecule has 0 N–H and O–H groups in total. The highest BCUT2D eigenvalue weighted by atomic mass is 15.1. The van der Waals surface area contributed by atoms with E-state index in [1.54, 1.807) is 12.4 Å². The Balaban J connectivity index is 1.98. The predicted octanol–water partition coefficient (Wildman–Crippen LogP) is 5.89. The summed E-state index contributed by atoms with van der Waals surface area (Å²) in [5.74, 6) is 0. The van der Waals surface area contributed by atoms with Crippen molar-refractivity contribution >= 4 is 60.2 Å². The van der Waals surface area contributed by atoms with Gasteiger partial charge in [0.25, 0.3) is 0 Å². The Morgan fingerprint density at radius 3 is 1.97 bits per heavy atom. The van der Waals surface area contributed by atoms with Crippen LogP contribution in [0.2, 0.25) is 0 Å². The van der Waals surface area contributed by atoms with E-state index in [0.29, 0.717) is 0 Å². The van der Waals surface area contributed by atoms with E-state index >= 15 is 0 Å². The minimum absolute atomic E-state index is 0.837. The van der Waals surface area contributed by atoms with Crippen LogP contribution < -0.4 is 0 Å². The molecule has 134 valence electrons. The third-order valence-electron chi connectivity index (χ3n) is 5.84. The molecule has 0 fully saturated rings. The SMILES string of the molecule is c1ccc2c(c1)nc1c3c4ccccc4c4ccccc4c3c3nccnc3n21. The Kier molecular flexibility index (Phi) is 2.71. The molecule has 0 amide bonds. The lowest BCUT2D eigenvalue weighted by atomic mass is 9.94. The first-order valence-corrected chi connectivity index (χ1v) is 9.65. The highest BCUT2D eigenvalue weighted by molar-refractivity contribution is 6.33. The molecular formula is C25H14N4. The van der Waals surface area contributed by atoms with E-state index in [-0.39, 0.29) is 0 Å². The van der Waals surface area contributed by atoms with Gasteiger partial charge >= 0.3 is 0 Å². The Hall–Kier alpha value is -4.05. The third-order valence-corrected chi connectivity index (χ3v) is 5.84. The molecule has 3 heterocycles. The maximum atomic E-state index is 5.05. The molecule has 0 unspecified atom stereocenters. The van der Waals surface area contributed by atoms with Gasteiger partial charge in [-0.25, -0.2) is 9.97 Å². The van der Waals surface area contributed by atoms with Gasteiger partial charge in [-0.15, -0.1) is 0 Å². The van der Waals surface area contributed by atoms with Gasteiger partial charge in [0.05, 0.1) is 11.0 Å². The van der Waals surface area contributed by atoms with E-state index in [1.165, 1.54) is 21.5 Å². The monoisotopic (exact) mass is 370 g/mol. The molecule has 0 bridgehead atoms. The largest absolute Gasteiger partial charge is 0.274 e. The number of rotatable bonds is 0. The lowest BCUT2D eigenvalue weighted by Gasteiger charge is -2.13. The number of hydrogen-bond acceptors (Lipinski definition) is 3. The smallest absolute Gasteiger partial charge is 0.165 e. The molecule has 3 aromatic heterocycles. The zero-order valence-corrected chi connectivity index (χ0v) is 15.4. The van der Waals surface area contributed by atoms with Crippen molar-refractivity contribution in [3.05, 3.63) is 85.2 Å². The maximum Gasteiger partial charge on any atom is 0.165 e. The minimum atomic E-state index is 0.837. The minimum Gasteiger partial charge on any atom is -0.274 e. The van der Waals surface area contributed by atoms with Gasteiger partial charge in [0.15, 0.2) is 5.65 Å². The number of aromatic nitrogens is 4. The summed E-state index contributed by atoms with van der Waals surface area (Å²) in [6.45, 7) is 0. The van der Waals surface area contributed by atoms with Crippen LogP contribution in [-0.2, 0) is 0 Å². The molecule has 0 aliphatic carbocycles.